The number of aromatic nitrogens is 1. The van der Waals surface area contributed by atoms with Gasteiger partial charge < -0.3 is 15.0 Å². The predicted octanol–water partition coefficient (Wildman–Crippen LogP) is 2.96. The number of hydrogen-bond acceptors (Lipinski definition) is 4. The van der Waals surface area contributed by atoms with Crippen LogP contribution in [0.3, 0.4) is 0 Å². The molecule has 1 aromatic rings. The molecule has 0 spiro atoms. The Hall–Kier alpha value is -2.37. The monoisotopic (exact) mass is 369 g/mol. The van der Waals surface area contributed by atoms with E-state index in [-0.39, 0.29) is 17.7 Å². The Labute approximate surface area is 160 Å². The molecule has 2 aliphatic carbocycles. The minimum atomic E-state index is 0.0304. The van der Waals surface area contributed by atoms with Crippen molar-refractivity contribution in [3.8, 4) is 5.88 Å². The Kier molecular flexibility index (Phi) is 5.14. The van der Waals surface area contributed by atoms with Gasteiger partial charge in [-0.05, 0) is 38.2 Å². The lowest BCUT2D eigenvalue weighted by molar-refractivity contribution is -0.125. The largest absolute Gasteiger partial charge is 0.481 e. The van der Waals surface area contributed by atoms with Gasteiger partial charge >= 0.3 is 0 Å². The molecule has 0 bridgehead atoms. The minimum absolute atomic E-state index is 0.0304. The Morgan fingerprint density at radius 3 is 2.81 bits per heavy atom. The van der Waals surface area contributed by atoms with Gasteiger partial charge in [0.2, 0.25) is 11.8 Å². The summed E-state index contributed by atoms with van der Waals surface area (Å²) >= 11 is 0. The van der Waals surface area contributed by atoms with Crippen molar-refractivity contribution in [1.29, 1.82) is 0 Å². The highest BCUT2D eigenvalue weighted by Gasteiger charge is 2.36. The summed E-state index contributed by atoms with van der Waals surface area (Å²) in [6.07, 6.45) is 11.4. The lowest BCUT2D eigenvalue weighted by Gasteiger charge is -2.22. The van der Waals surface area contributed by atoms with E-state index in [1.807, 2.05) is 11.0 Å². The summed E-state index contributed by atoms with van der Waals surface area (Å²) in [5.41, 5.74) is 2.21. The molecular formula is C21H27N3O3. The Morgan fingerprint density at radius 2 is 2.11 bits per heavy atom. The summed E-state index contributed by atoms with van der Waals surface area (Å²) in [5, 5.41) is 3.00. The molecule has 0 radical (unpaired) electrons. The van der Waals surface area contributed by atoms with Crippen molar-refractivity contribution in [3.05, 3.63) is 35.0 Å². The average Bonchev–Trinajstić information content (AvgIpc) is 3.34. The highest BCUT2D eigenvalue weighted by molar-refractivity contribution is 5.98. The van der Waals surface area contributed by atoms with Gasteiger partial charge in [-0.2, -0.15) is 0 Å². The third-order valence-electron chi connectivity index (χ3n) is 6.00. The zero-order valence-electron chi connectivity index (χ0n) is 15.9. The van der Waals surface area contributed by atoms with Crippen molar-refractivity contribution in [2.24, 2.45) is 5.92 Å². The van der Waals surface area contributed by atoms with Gasteiger partial charge in [0.05, 0.1) is 24.9 Å². The summed E-state index contributed by atoms with van der Waals surface area (Å²) in [6, 6.07) is 2.19. The molecule has 6 nitrogen and oxygen atoms in total. The number of pyridine rings is 1. The van der Waals surface area contributed by atoms with E-state index in [0.29, 0.717) is 30.6 Å². The number of methoxy groups -OCH3 is 1. The van der Waals surface area contributed by atoms with Crippen molar-refractivity contribution in [1.82, 2.24) is 15.2 Å². The SMILES string of the molecule is COc1nc2c(cc1CNC(=O)[C@@H]1CC=CCC1)C(=O)N(C1CCCC1)C2. The first kappa shape index (κ1) is 18.0. The predicted molar refractivity (Wildman–Crippen MR) is 101 cm³/mol. The van der Waals surface area contributed by atoms with Crippen molar-refractivity contribution >= 4 is 11.8 Å². The van der Waals surface area contributed by atoms with Crippen molar-refractivity contribution in [3.63, 3.8) is 0 Å². The lowest BCUT2D eigenvalue weighted by Crippen LogP contribution is -2.33. The fourth-order valence-corrected chi connectivity index (χ4v) is 4.44. The standard InChI is InChI=1S/C21H27N3O3/c1-27-20-15(12-22-19(25)14-7-3-2-4-8-14)11-17-18(23-20)13-24(21(17)26)16-9-5-6-10-16/h2-3,11,14,16H,4-10,12-13H2,1H3,(H,22,25)/t14-/m1/s1. The maximum atomic E-state index is 12.9. The van der Waals surface area contributed by atoms with E-state index in [4.69, 9.17) is 4.74 Å². The fourth-order valence-electron chi connectivity index (χ4n) is 4.44. The molecular weight excluding hydrogens is 342 g/mol. The van der Waals surface area contributed by atoms with Gasteiger partial charge in [-0.25, -0.2) is 4.98 Å². The summed E-state index contributed by atoms with van der Waals surface area (Å²) in [4.78, 5) is 31.8. The number of allylic oxidation sites excluding steroid dienone is 2. The topological polar surface area (TPSA) is 71.5 Å². The number of carbonyl (C=O) groups excluding carboxylic acids is 2. The van der Waals surface area contributed by atoms with Gasteiger partial charge in [-0.15, -0.1) is 0 Å². The lowest BCUT2D eigenvalue weighted by atomic mass is 9.93. The zero-order valence-corrected chi connectivity index (χ0v) is 15.9. The highest BCUT2D eigenvalue weighted by Crippen LogP contribution is 2.33. The summed E-state index contributed by atoms with van der Waals surface area (Å²) < 4.78 is 5.44. The van der Waals surface area contributed by atoms with Crippen LogP contribution in [0, 0.1) is 5.92 Å². The number of hydrogen-bond donors (Lipinski definition) is 1. The molecule has 0 unspecified atom stereocenters. The second kappa shape index (κ2) is 7.71. The quantitative estimate of drug-likeness (QED) is 0.810. The van der Waals surface area contributed by atoms with Crippen LogP contribution in [-0.4, -0.2) is 34.8 Å². The molecule has 1 saturated carbocycles. The molecule has 4 rings (SSSR count). The Bertz CT molecular complexity index is 768. The van der Waals surface area contributed by atoms with Gasteiger partial charge in [0, 0.05) is 24.1 Å². The van der Waals surface area contributed by atoms with Gasteiger partial charge in [0.15, 0.2) is 0 Å². The molecule has 144 valence electrons. The number of nitrogens with one attached hydrogen (secondary N) is 1. The molecule has 0 aromatic carbocycles. The minimum Gasteiger partial charge on any atom is -0.481 e. The van der Waals surface area contributed by atoms with Crippen LogP contribution in [0.5, 0.6) is 5.88 Å². The van der Waals surface area contributed by atoms with E-state index in [1.54, 1.807) is 7.11 Å². The molecule has 2 heterocycles. The van der Waals surface area contributed by atoms with E-state index >= 15 is 0 Å². The Balaban J connectivity index is 1.48. The molecule has 27 heavy (non-hydrogen) atoms. The van der Waals surface area contributed by atoms with Crippen molar-refractivity contribution in [2.75, 3.05) is 7.11 Å². The number of rotatable bonds is 5. The summed E-state index contributed by atoms with van der Waals surface area (Å²) in [6.45, 7) is 0.898. The second-order valence-electron chi connectivity index (χ2n) is 7.72. The fraction of sp³-hybridized carbons (Fsp3) is 0.571. The Morgan fingerprint density at radius 1 is 1.30 bits per heavy atom. The first-order chi connectivity index (χ1) is 13.2. The number of fused-ring (bicyclic) bond motifs is 1. The number of amides is 2. The molecule has 2 amide bonds. The smallest absolute Gasteiger partial charge is 0.256 e. The molecule has 1 aliphatic heterocycles. The van der Waals surface area contributed by atoms with E-state index in [9.17, 15) is 9.59 Å². The van der Waals surface area contributed by atoms with E-state index in [2.05, 4.69) is 22.5 Å². The molecule has 3 aliphatic rings. The van der Waals surface area contributed by atoms with Crippen LogP contribution < -0.4 is 10.1 Å². The summed E-state index contributed by atoms with van der Waals surface area (Å²) in [7, 11) is 1.58. The molecule has 1 aromatic heterocycles. The molecule has 0 saturated heterocycles. The summed E-state index contributed by atoms with van der Waals surface area (Å²) in [5.74, 6) is 0.652. The first-order valence-corrected chi connectivity index (χ1v) is 9.98. The third kappa shape index (κ3) is 3.57. The average molecular weight is 369 g/mol. The van der Waals surface area contributed by atoms with E-state index in [0.717, 1.165) is 43.4 Å². The van der Waals surface area contributed by atoms with Crippen LogP contribution in [0.1, 0.15) is 66.6 Å². The number of nitrogens with zero attached hydrogens (tertiary/aromatic N) is 2. The number of ether oxygens (including phenoxy) is 1. The molecule has 6 heteroatoms. The third-order valence-corrected chi connectivity index (χ3v) is 6.00. The van der Waals surface area contributed by atoms with Gasteiger partial charge in [0.25, 0.3) is 5.91 Å². The van der Waals surface area contributed by atoms with Crippen LogP contribution in [0.15, 0.2) is 18.2 Å². The first-order valence-electron chi connectivity index (χ1n) is 9.98. The van der Waals surface area contributed by atoms with Gasteiger partial charge in [0.1, 0.15) is 0 Å². The normalized spacial score (nSPS) is 22.2. The van der Waals surface area contributed by atoms with Crippen LogP contribution >= 0.6 is 0 Å². The second-order valence-corrected chi connectivity index (χ2v) is 7.72. The van der Waals surface area contributed by atoms with Crippen LogP contribution in [0.2, 0.25) is 0 Å². The maximum Gasteiger partial charge on any atom is 0.256 e. The van der Waals surface area contributed by atoms with Crippen LogP contribution in [-0.2, 0) is 17.9 Å². The van der Waals surface area contributed by atoms with E-state index in [1.165, 1.54) is 12.8 Å². The highest BCUT2D eigenvalue weighted by atomic mass is 16.5. The number of carbonyl (C=O) groups is 2. The molecule has 1 fully saturated rings. The van der Waals surface area contributed by atoms with Crippen molar-refractivity contribution < 1.29 is 14.3 Å². The van der Waals surface area contributed by atoms with Gasteiger partial charge in [-0.1, -0.05) is 25.0 Å². The zero-order chi connectivity index (χ0) is 18.8. The maximum absolute atomic E-state index is 12.9. The van der Waals surface area contributed by atoms with E-state index < -0.39 is 0 Å². The molecule has 1 atom stereocenters. The molecule has 1 N–H and O–H groups in total. The van der Waals surface area contributed by atoms with Crippen LogP contribution in [0.25, 0.3) is 0 Å². The van der Waals surface area contributed by atoms with Crippen molar-refractivity contribution in [2.45, 2.75) is 64.1 Å². The van der Waals surface area contributed by atoms with Gasteiger partial charge in [-0.3, -0.25) is 9.59 Å². The van der Waals surface area contributed by atoms with Crippen LogP contribution in [0.4, 0.5) is 0 Å².